The number of hydrogen-bond acceptors (Lipinski definition) is 3. The van der Waals surface area contributed by atoms with Gasteiger partial charge in [-0.25, -0.2) is 0 Å². The fraction of sp³-hybridized carbons (Fsp3) is 0.538. The molecule has 1 unspecified atom stereocenters. The predicted octanol–water partition coefficient (Wildman–Crippen LogP) is 2.46. The fourth-order valence-corrected chi connectivity index (χ4v) is 3.71. The van der Waals surface area contributed by atoms with Crippen LogP contribution in [0.15, 0.2) is 24.3 Å². The molecule has 1 aliphatic heterocycles. The highest BCUT2D eigenvalue weighted by molar-refractivity contribution is 8.00. The van der Waals surface area contributed by atoms with Gasteiger partial charge >= 0.3 is 0 Å². The van der Waals surface area contributed by atoms with Crippen molar-refractivity contribution in [3.8, 4) is 5.75 Å². The van der Waals surface area contributed by atoms with E-state index >= 15 is 0 Å². The van der Waals surface area contributed by atoms with Crippen LogP contribution in [0.2, 0.25) is 0 Å². The molecule has 1 heterocycles. The monoisotopic (exact) mass is 237 g/mol. The molecule has 2 rings (SSSR count). The maximum Gasteiger partial charge on any atom is 0.122 e. The van der Waals surface area contributed by atoms with E-state index in [4.69, 9.17) is 10.5 Å². The van der Waals surface area contributed by atoms with Crippen LogP contribution in [0.1, 0.15) is 18.4 Å². The number of hydrogen-bond donors (Lipinski definition) is 1. The largest absolute Gasteiger partial charge is 0.496 e. The Morgan fingerprint density at radius 3 is 2.88 bits per heavy atom. The van der Waals surface area contributed by atoms with Gasteiger partial charge in [-0.1, -0.05) is 18.2 Å². The van der Waals surface area contributed by atoms with E-state index in [1.807, 2.05) is 23.9 Å². The Kier molecular flexibility index (Phi) is 3.77. The van der Waals surface area contributed by atoms with Crippen molar-refractivity contribution >= 4 is 11.8 Å². The summed E-state index contributed by atoms with van der Waals surface area (Å²) in [5.41, 5.74) is 7.23. The van der Waals surface area contributed by atoms with Gasteiger partial charge in [0, 0.05) is 11.3 Å². The fourth-order valence-electron chi connectivity index (χ4n) is 2.32. The first-order valence-corrected chi connectivity index (χ1v) is 6.74. The van der Waals surface area contributed by atoms with Crippen molar-refractivity contribution in [2.45, 2.75) is 24.0 Å². The third kappa shape index (κ3) is 2.36. The number of para-hydroxylation sites is 1. The molecular weight excluding hydrogens is 218 g/mol. The van der Waals surface area contributed by atoms with Crippen molar-refractivity contribution in [3.63, 3.8) is 0 Å². The van der Waals surface area contributed by atoms with Crippen LogP contribution >= 0.6 is 11.8 Å². The quantitative estimate of drug-likeness (QED) is 0.873. The van der Waals surface area contributed by atoms with E-state index < -0.39 is 0 Å². The van der Waals surface area contributed by atoms with Crippen LogP contribution in [0.4, 0.5) is 0 Å². The highest BCUT2D eigenvalue weighted by atomic mass is 32.2. The Morgan fingerprint density at radius 1 is 1.44 bits per heavy atom. The van der Waals surface area contributed by atoms with Gasteiger partial charge in [-0.2, -0.15) is 11.8 Å². The molecule has 0 aliphatic carbocycles. The zero-order valence-electron chi connectivity index (χ0n) is 9.74. The summed E-state index contributed by atoms with van der Waals surface area (Å²) in [7, 11) is 1.73. The van der Waals surface area contributed by atoms with E-state index in [2.05, 4.69) is 12.1 Å². The van der Waals surface area contributed by atoms with Crippen molar-refractivity contribution in [1.82, 2.24) is 0 Å². The Labute approximate surface area is 102 Å². The van der Waals surface area contributed by atoms with Crippen LogP contribution in [-0.4, -0.2) is 24.2 Å². The molecule has 0 spiro atoms. The Morgan fingerprint density at radius 2 is 2.25 bits per heavy atom. The summed E-state index contributed by atoms with van der Waals surface area (Å²) in [6, 6.07) is 8.26. The third-order valence-electron chi connectivity index (χ3n) is 3.26. The molecule has 0 radical (unpaired) electrons. The smallest absolute Gasteiger partial charge is 0.122 e. The molecule has 3 heteroatoms. The van der Waals surface area contributed by atoms with Crippen molar-refractivity contribution in [2.24, 2.45) is 5.73 Å². The van der Waals surface area contributed by atoms with Crippen LogP contribution in [0.3, 0.4) is 0 Å². The summed E-state index contributed by atoms with van der Waals surface area (Å²) in [4.78, 5) is 0. The first-order chi connectivity index (χ1) is 7.79. The van der Waals surface area contributed by atoms with Gasteiger partial charge in [-0.15, -0.1) is 0 Å². The zero-order chi connectivity index (χ0) is 11.4. The average molecular weight is 237 g/mol. The molecule has 0 bridgehead atoms. The molecule has 1 aromatic carbocycles. The molecule has 0 amide bonds. The van der Waals surface area contributed by atoms with Gasteiger partial charge in [0.2, 0.25) is 0 Å². The number of rotatable bonds is 4. The molecule has 0 saturated carbocycles. The minimum atomic E-state index is 0.245. The lowest BCUT2D eigenvalue weighted by molar-refractivity contribution is 0.406. The van der Waals surface area contributed by atoms with Crippen molar-refractivity contribution in [2.75, 3.05) is 19.4 Å². The highest BCUT2D eigenvalue weighted by Crippen LogP contribution is 2.41. The van der Waals surface area contributed by atoms with Gasteiger partial charge in [-0.05, 0) is 36.6 Å². The third-order valence-corrected chi connectivity index (χ3v) is 4.88. The first-order valence-electron chi connectivity index (χ1n) is 5.75. The molecular formula is C13H19NOS. The summed E-state index contributed by atoms with van der Waals surface area (Å²) >= 11 is 2.02. The Bertz CT molecular complexity index is 348. The second kappa shape index (κ2) is 5.11. The minimum Gasteiger partial charge on any atom is -0.496 e. The van der Waals surface area contributed by atoms with E-state index in [0.29, 0.717) is 0 Å². The van der Waals surface area contributed by atoms with Crippen molar-refractivity contribution in [1.29, 1.82) is 0 Å². The van der Waals surface area contributed by atoms with Gasteiger partial charge in [0.05, 0.1) is 7.11 Å². The maximum atomic E-state index is 5.95. The first kappa shape index (κ1) is 11.8. The minimum absolute atomic E-state index is 0.245. The molecule has 88 valence electrons. The standard InChI is InChI=1S/C13H19NOS/c1-15-12-6-3-2-5-11(12)9-13(10-14)7-4-8-16-13/h2-3,5-6H,4,7-10,14H2,1H3. The van der Waals surface area contributed by atoms with Crippen LogP contribution in [0.25, 0.3) is 0 Å². The Hall–Kier alpha value is -0.670. The molecule has 2 nitrogen and oxygen atoms in total. The molecule has 16 heavy (non-hydrogen) atoms. The highest BCUT2D eigenvalue weighted by Gasteiger charge is 2.34. The second-order valence-corrected chi connectivity index (χ2v) is 5.89. The molecule has 2 N–H and O–H groups in total. The summed E-state index contributed by atoms with van der Waals surface area (Å²) in [5.74, 6) is 2.23. The summed E-state index contributed by atoms with van der Waals surface area (Å²) < 4.78 is 5.64. The van der Waals surface area contributed by atoms with Gasteiger partial charge < -0.3 is 10.5 Å². The summed E-state index contributed by atoms with van der Waals surface area (Å²) in [6.45, 7) is 0.760. The van der Waals surface area contributed by atoms with Crippen LogP contribution in [0.5, 0.6) is 5.75 Å². The van der Waals surface area contributed by atoms with Gasteiger partial charge in [0.25, 0.3) is 0 Å². The SMILES string of the molecule is COc1ccccc1CC1(CN)CCCS1. The van der Waals surface area contributed by atoms with Crippen molar-refractivity contribution in [3.05, 3.63) is 29.8 Å². The van der Waals surface area contributed by atoms with Crippen molar-refractivity contribution < 1.29 is 4.74 Å². The number of benzene rings is 1. The van der Waals surface area contributed by atoms with Crippen LogP contribution in [0, 0.1) is 0 Å². The van der Waals surface area contributed by atoms with Gasteiger partial charge in [0.15, 0.2) is 0 Å². The summed E-state index contributed by atoms with van der Waals surface area (Å²) in [6.07, 6.45) is 3.54. The van der Waals surface area contributed by atoms with Gasteiger partial charge in [0.1, 0.15) is 5.75 Å². The number of ether oxygens (including phenoxy) is 1. The summed E-state index contributed by atoms with van der Waals surface area (Å²) in [5, 5.41) is 0. The molecule has 1 aromatic rings. The van der Waals surface area contributed by atoms with Crippen LogP contribution in [-0.2, 0) is 6.42 Å². The predicted molar refractivity (Wildman–Crippen MR) is 70.2 cm³/mol. The lowest BCUT2D eigenvalue weighted by atomic mass is 9.94. The van der Waals surface area contributed by atoms with E-state index in [9.17, 15) is 0 Å². The van der Waals surface area contributed by atoms with E-state index in [0.717, 1.165) is 18.7 Å². The lowest BCUT2D eigenvalue weighted by Gasteiger charge is -2.27. The van der Waals surface area contributed by atoms with E-state index in [1.54, 1.807) is 7.11 Å². The molecule has 1 saturated heterocycles. The molecule has 0 aromatic heterocycles. The Balaban J connectivity index is 2.18. The lowest BCUT2D eigenvalue weighted by Crippen LogP contribution is -2.34. The number of thioether (sulfide) groups is 1. The number of nitrogens with two attached hydrogens (primary N) is 1. The topological polar surface area (TPSA) is 35.2 Å². The van der Waals surface area contributed by atoms with Gasteiger partial charge in [-0.3, -0.25) is 0 Å². The molecule has 1 atom stereocenters. The van der Waals surface area contributed by atoms with E-state index in [-0.39, 0.29) is 4.75 Å². The normalized spacial score (nSPS) is 24.6. The zero-order valence-corrected chi connectivity index (χ0v) is 10.6. The van der Waals surface area contributed by atoms with Crippen LogP contribution < -0.4 is 10.5 Å². The molecule has 1 fully saturated rings. The number of methoxy groups -OCH3 is 1. The second-order valence-electron chi connectivity index (χ2n) is 4.33. The molecule has 1 aliphatic rings. The maximum absolute atomic E-state index is 5.95. The average Bonchev–Trinajstić information content (AvgIpc) is 2.79. The van der Waals surface area contributed by atoms with E-state index in [1.165, 1.54) is 24.2 Å².